The van der Waals surface area contributed by atoms with Crippen LogP contribution < -0.4 is 5.32 Å². The van der Waals surface area contributed by atoms with Crippen molar-refractivity contribution in [3.8, 4) is 6.07 Å². The number of amides is 1. The Morgan fingerprint density at radius 3 is 2.76 bits per heavy atom. The van der Waals surface area contributed by atoms with Crippen LogP contribution in [0.15, 0.2) is 46.4 Å². The summed E-state index contributed by atoms with van der Waals surface area (Å²) in [4.78, 5) is 12.2. The molecule has 21 heavy (non-hydrogen) atoms. The lowest BCUT2D eigenvalue weighted by atomic mass is 10.1. The van der Waals surface area contributed by atoms with E-state index < -0.39 is 5.91 Å². The van der Waals surface area contributed by atoms with Gasteiger partial charge in [0.15, 0.2) is 3.77 Å². The minimum atomic E-state index is -0.440. The van der Waals surface area contributed by atoms with E-state index in [1.165, 1.54) is 6.08 Å². The molecule has 1 heterocycles. The van der Waals surface area contributed by atoms with Gasteiger partial charge in [-0.25, -0.2) is 0 Å². The molecule has 0 aliphatic rings. The molecule has 0 aliphatic heterocycles. The molecule has 0 aliphatic carbocycles. The summed E-state index contributed by atoms with van der Waals surface area (Å²) in [6.07, 6.45) is 2.24. The molecule has 0 atom stereocenters. The molecule has 2 aromatic rings. The number of nitrogens with one attached hydrogen (secondary N) is 1. The maximum atomic E-state index is 12.2. The van der Waals surface area contributed by atoms with E-state index in [-0.39, 0.29) is 5.57 Å². The molecule has 106 valence electrons. The number of benzene rings is 1. The van der Waals surface area contributed by atoms with Crippen LogP contribution in [0.1, 0.15) is 18.2 Å². The number of rotatable bonds is 4. The topological polar surface area (TPSA) is 66.0 Å². The lowest BCUT2D eigenvalue weighted by molar-refractivity contribution is -0.112. The molecular weight excluding hydrogens is 379 g/mol. The van der Waals surface area contributed by atoms with Gasteiger partial charge in [0.25, 0.3) is 5.91 Å². The number of halogens is 1. The highest BCUT2D eigenvalue weighted by molar-refractivity contribution is 14.1. The smallest absolute Gasteiger partial charge is 0.266 e. The van der Waals surface area contributed by atoms with Crippen molar-refractivity contribution < 1.29 is 9.21 Å². The number of carbonyl (C=O) groups is 1. The van der Waals surface area contributed by atoms with Crippen molar-refractivity contribution in [2.24, 2.45) is 0 Å². The van der Waals surface area contributed by atoms with Gasteiger partial charge in [0.1, 0.15) is 17.4 Å². The molecule has 2 rings (SSSR count). The lowest BCUT2D eigenvalue weighted by Crippen LogP contribution is -2.14. The van der Waals surface area contributed by atoms with E-state index in [4.69, 9.17) is 9.68 Å². The van der Waals surface area contributed by atoms with Gasteiger partial charge in [-0.15, -0.1) is 0 Å². The molecule has 0 spiro atoms. The van der Waals surface area contributed by atoms with E-state index >= 15 is 0 Å². The summed E-state index contributed by atoms with van der Waals surface area (Å²) in [5.41, 5.74) is 1.75. The van der Waals surface area contributed by atoms with E-state index in [0.29, 0.717) is 9.53 Å². The van der Waals surface area contributed by atoms with Gasteiger partial charge in [-0.3, -0.25) is 4.79 Å². The van der Waals surface area contributed by atoms with Crippen molar-refractivity contribution in [2.45, 2.75) is 13.3 Å². The fourth-order valence-corrected chi connectivity index (χ4v) is 2.27. The molecule has 1 aromatic carbocycles. The van der Waals surface area contributed by atoms with Crippen LogP contribution >= 0.6 is 22.6 Å². The fraction of sp³-hybridized carbons (Fsp3) is 0.125. The molecule has 0 fully saturated rings. The first-order chi connectivity index (χ1) is 10.1. The summed E-state index contributed by atoms with van der Waals surface area (Å²) >= 11 is 2.03. The molecule has 1 N–H and O–H groups in total. The number of carbonyl (C=O) groups excluding carboxylic acids is 1. The number of anilines is 1. The van der Waals surface area contributed by atoms with Crippen molar-refractivity contribution in [1.82, 2.24) is 0 Å². The Morgan fingerprint density at radius 1 is 1.38 bits per heavy atom. The van der Waals surface area contributed by atoms with Crippen molar-refractivity contribution in [2.75, 3.05) is 5.32 Å². The highest BCUT2D eigenvalue weighted by Gasteiger charge is 2.12. The van der Waals surface area contributed by atoms with Gasteiger partial charge >= 0.3 is 0 Å². The second-order valence-electron chi connectivity index (χ2n) is 4.28. The van der Waals surface area contributed by atoms with Gasteiger partial charge in [-0.1, -0.05) is 25.1 Å². The van der Waals surface area contributed by atoms with E-state index in [1.54, 1.807) is 12.1 Å². The second-order valence-corrected chi connectivity index (χ2v) is 5.34. The van der Waals surface area contributed by atoms with E-state index in [1.807, 2.05) is 59.8 Å². The zero-order valence-electron chi connectivity index (χ0n) is 11.4. The highest BCUT2D eigenvalue weighted by Crippen LogP contribution is 2.18. The first-order valence-electron chi connectivity index (χ1n) is 6.40. The van der Waals surface area contributed by atoms with Crippen molar-refractivity contribution in [1.29, 1.82) is 5.26 Å². The third kappa shape index (κ3) is 3.95. The van der Waals surface area contributed by atoms with Crippen LogP contribution in [0.5, 0.6) is 0 Å². The first kappa shape index (κ1) is 15.3. The predicted molar refractivity (Wildman–Crippen MR) is 89.5 cm³/mol. The molecule has 0 unspecified atom stereocenters. The first-order valence-corrected chi connectivity index (χ1v) is 7.48. The quantitative estimate of drug-likeness (QED) is 0.486. The molecule has 0 radical (unpaired) electrons. The maximum absolute atomic E-state index is 12.2. The minimum Gasteiger partial charge on any atom is -0.451 e. The van der Waals surface area contributed by atoms with Crippen molar-refractivity contribution >= 4 is 40.3 Å². The Morgan fingerprint density at radius 2 is 2.14 bits per heavy atom. The van der Waals surface area contributed by atoms with Crippen LogP contribution in [0, 0.1) is 15.1 Å². The summed E-state index contributed by atoms with van der Waals surface area (Å²) < 4.78 is 6.04. The van der Waals surface area contributed by atoms with Gasteiger partial charge in [0.2, 0.25) is 0 Å². The molecule has 0 saturated heterocycles. The van der Waals surface area contributed by atoms with Crippen LogP contribution in [-0.4, -0.2) is 5.91 Å². The van der Waals surface area contributed by atoms with Crippen LogP contribution in [0.4, 0.5) is 5.69 Å². The molecule has 5 heteroatoms. The normalized spacial score (nSPS) is 11.0. The number of para-hydroxylation sites is 1. The number of furan rings is 1. The molecule has 4 nitrogen and oxygen atoms in total. The van der Waals surface area contributed by atoms with Gasteiger partial charge in [0, 0.05) is 11.8 Å². The van der Waals surface area contributed by atoms with Gasteiger partial charge in [-0.2, -0.15) is 5.26 Å². The fourth-order valence-electron chi connectivity index (χ4n) is 1.84. The Hall–Kier alpha value is -2.07. The standard InChI is InChI=1S/C16H13IN2O2/c1-2-11-5-3-4-6-14(11)19-16(20)12(10-18)9-13-7-8-15(17)21-13/h3-9H,2H2,1H3,(H,19,20). The van der Waals surface area contributed by atoms with Gasteiger partial charge in [-0.05, 0) is 52.8 Å². The van der Waals surface area contributed by atoms with Crippen LogP contribution in [0.2, 0.25) is 0 Å². The van der Waals surface area contributed by atoms with E-state index in [0.717, 1.165) is 17.7 Å². The Kier molecular flexibility index (Phi) is 5.17. The molecule has 0 bridgehead atoms. The molecule has 0 saturated carbocycles. The maximum Gasteiger partial charge on any atom is 0.266 e. The Bertz CT molecular complexity index is 726. The van der Waals surface area contributed by atoms with Crippen LogP contribution in [-0.2, 0) is 11.2 Å². The van der Waals surface area contributed by atoms with Crippen molar-refractivity contribution in [3.05, 3.63) is 57.1 Å². The minimum absolute atomic E-state index is 0.00616. The van der Waals surface area contributed by atoms with Gasteiger partial charge < -0.3 is 9.73 Å². The third-order valence-corrected chi connectivity index (χ3v) is 3.47. The SMILES string of the molecule is CCc1ccccc1NC(=O)C(C#N)=Cc1ccc(I)o1. The summed E-state index contributed by atoms with van der Waals surface area (Å²) in [5, 5.41) is 11.9. The Labute approximate surface area is 136 Å². The zero-order chi connectivity index (χ0) is 15.2. The lowest BCUT2D eigenvalue weighted by Gasteiger charge is -2.08. The molecular formula is C16H13IN2O2. The number of nitrogens with zero attached hydrogens (tertiary/aromatic N) is 1. The summed E-state index contributed by atoms with van der Waals surface area (Å²) in [5.74, 6) is 0.0414. The van der Waals surface area contributed by atoms with Crippen LogP contribution in [0.25, 0.3) is 6.08 Å². The van der Waals surface area contributed by atoms with Crippen molar-refractivity contribution in [3.63, 3.8) is 0 Å². The highest BCUT2D eigenvalue weighted by atomic mass is 127. The van der Waals surface area contributed by atoms with E-state index in [9.17, 15) is 4.79 Å². The second kappa shape index (κ2) is 7.09. The third-order valence-electron chi connectivity index (χ3n) is 2.89. The van der Waals surface area contributed by atoms with Crippen LogP contribution in [0.3, 0.4) is 0 Å². The Balaban J connectivity index is 2.22. The molecule has 1 amide bonds. The number of hydrogen-bond acceptors (Lipinski definition) is 3. The van der Waals surface area contributed by atoms with E-state index in [2.05, 4.69) is 5.32 Å². The predicted octanol–water partition coefficient (Wildman–Crippen LogP) is 3.99. The zero-order valence-corrected chi connectivity index (χ0v) is 13.5. The average Bonchev–Trinajstić information content (AvgIpc) is 2.90. The molecule has 1 aromatic heterocycles. The number of hydrogen-bond donors (Lipinski definition) is 1. The summed E-state index contributed by atoms with van der Waals surface area (Å²) in [6, 6.07) is 12.9. The van der Waals surface area contributed by atoms with Gasteiger partial charge in [0.05, 0.1) is 0 Å². The largest absolute Gasteiger partial charge is 0.451 e. The monoisotopic (exact) mass is 392 g/mol. The average molecular weight is 392 g/mol. The summed E-state index contributed by atoms with van der Waals surface area (Å²) in [7, 11) is 0. The number of aryl methyl sites for hydroxylation is 1. The summed E-state index contributed by atoms with van der Waals surface area (Å²) in [6.45, 7) is 2.01. The number of nitriles is 1.